The number of ether oxygens (including phenoxy) is 1. The second-order valence-electron chi connectivity index (χ2n) is 3.57. The number of rotatable bonds is 2. The average Bonchev–Trinajstić information content (AvgIpc) is 2.15. The fraction of sp³-hybridized carbons (Fsp3) is 0.889. The van der Waals surface area contributed by atoms with Gasteiger partial charge in [-0.05, 0) is 18.8 Å². The van der Waals surface area contributed by atoms with Gasteiger partial charge in [0.25, 0.3) is 0 Å². The van der Waals surface area contributed by atoms with Crippen LogP contribution in [0.1, 0.15) is 19.8 Å². The van der Waals surface area contributed by atoms with Gasteiger partial charge in [0.1, 0.15) is 6.61 Å². The topological polar surface area (TPSA) is 55.6 Å². The molecular weight excluding hydrogens is 168 g/mol. The van der Waals surface area contributed by atoms with Gasteiger partial charge in [0.2, 0.25) is 0 Å². The second-order valence-corrected chi connectivity index (χ2v) is 3.57. The highest BCUT2D eigenvalue weighted by Gasteiger charge is 2.20. The van der Waals surface area contributed by atoms with E-state index in [0.29, 0.717) is 13.2 Å². The van der Waals surface area contributed by atoms with Crippen molar-refractivity contribution in [1.82, 2.24) is 4.90 Å². The van der Waals surface area contributed by atoms with E-state index in [9.17, 15) is 4.79 Å². The van der Waals surface area contributed by atoms with E-state index in [1.807, 2.05) is 0 Å². The molecule has 1 aliphatic heterocycles. The number of nitrogens with zero attached hydrogens (tertiary/aromatic N) is 1. The lowest BCUT2D eigenvalue weighted by Gasteiger charge is -2.29. The summed E-state index contributed by atoms with van der Waals surface area (Å²) in [5.41, 5.74) is 5.23. The highest BCUT2D eigenvalue weighted by atomic mass is 16.6. The monoisotopic (exact) mass is 186 g/mol. The van der Waals surface area contributed by atoms with E-state index >= 15 is 0 Å². The summed E-state index contributed by atoms with van der Waals surface area (Å²) in [6.45, 7) is 4.58. The molecule has 0 unspecified atom stereocenters. The summed E-state index contributed by atoms with van der Waals surface area (Å²) in [5, 5.41) is 0. The van der Waals surface area contributed by atoms with Crippen LogP contribution in [0.25, 0.3) is 0 Å². The predicted molar refractivity (Wildman–Crippen MR) is 50.4 cm³/mol. The van der Waals surface area contributed by atoms with Gasteiger partial charge in [0, 0.05) is 19.6 Å². The molecule has 0 saturated carbocycles. The normalized spacial score (nSPS) is 18.8. The molecule has 0 aliphatic carbocycles. The minimum absolute atomic E-state index is 0.211. The zero-order valence-corrected chi connectivity index (χ0v) is 8.16. The minimum atomic E-state index is -0.211. The molecule has 0 atom stereocenters. The Kier molecular flexibility index (Phi) is 4.02. The Morgan fingerprint density at radius 2 is 2.15 bits per heavy atom. The number of hydrogen-bond donors (Lipinski definition) is 1. The highest BCUT2D eigenvalue weighted by Crippen LogP contribution is 2.16. The predicted octanol–water partition coefficient (Wildman–Crippen LogP) is 0.814. The molecule has 1 amide bonds. The van der Waals surface area contributed by atoms with E-state index in [1.54, 1.807) is 4.90 Å². The fourth-order valence-electron chi connectivity index (χ4n) is 1.43. The Balaban J connectivity index is 2.23. The Labute approximate surface area is 79.0 Å². The van der Waals surface area contributed by atoms with Crippen LogP contribution in [0.4, 0.5) is 4.79 Å². The number of hydrogen-bond acceptors (Lipinski definition) is 3. The molecule has 0 aromatic heterocycles. The molecule has 1 saturated heterocycles. The van der Waals surface area contributed by atoms with Crippen molar-refractivity contribution >= 4 is 6.09 Å². The van der Waals surface area contributed by atoms with Crippen molar-refractivity contribution in [1.29, 1.82) is 0 Å². The lowest BCUT2D eigenvalue weighted by Crippen LogP contribution is -2.38. The van der Waals surface area contributed by atoms with Crippen LogP contribution in [0.3, 0.4) is 0 Å². The van der Waals surface area contributed by atoms with E-state index in [2.05, 4.69) is 6.92 Å². The third kappa shape index (κ3) is 3.22. The molecule has 76 valence electrons. The molecule has 1 fully saturated rings. The lowest BCUT2D eigenvalue weighted by atomic mass is 10.00. The quantitative estimate of drug-likeness (QED) is 0.694. The maximum Gasteiger partial charge on any atom is 0.409 e. The van der Waals surface area contributed by atoms with E-state index in [-0.39, 0.29) is 6.09 Å². The molecule has 1 aliphatic rings. The van der Waals surface area contributed by atoms with Crippen molar-refractivity contribution < 1.29 is 9.53 Å². The third-order valence-electron chi connectivity index (χ3n) is 2.39. The van der Waals surface area contributed by atoms with Gasteiger partial charge in [-0.15, -0.1) is 0 Å². The largest absolute Gasteiger partial charge is 0.448 e. The Morgan fingerprint density at radius 1 is 1.54 bits per heavy atom. The number of piperidine rings is 1. The Bertz CT molecular complexity index is 165. The van der Waals surface area contributed by atoms with Gasteiger partial charge in [-0.25, -0.2) is 4.79 Å². The van der Waals surface area contributed by atoms with Crippen LogP contribution in [-0.4, -0.2) is 37.2 Å². The summed E-state index contributed by atoms with van der Waals surface area (Å²) in [7, 11) is 0. The molecule has 0 radical (unpaired) electrons. The Morgan fingerprint density at radius 3 is 2.69 bits per heavy atom. The van der Waals surface area contributed by atoms with E-state index < -0.39 is 0 Å². The first-order valence-corrected chi connectivity index (χ1v) is 4.86. The summed E-state index contributed by atoms with van der Waals surface area (Å²) in [5.74, 6) is 0.735. The van der Waals surface area contributed by atoms with Crippen molar-refractivity contribution in [2.75, 3.05) is 26.2 Å². The van der Waals surface area contributed by atoms with Crippen molar-refractivity contribution in [3.05, 3.63) is 0 Å². The van der Waals surface area contributed by atoms with Crippen LogP contribution >= 0.6 is 0 Å². The molecule has 0 spiro atoms. The van der Waals surface area contributed by atoms with Crippen LogP contribution in [0.5, 0.6) is 0 Å². The molecule has 1 heterocycles. The van der Waals surface area contributed by atoms with Gasteiger partial charge < -0.3 is 15.4 Å². The molecular formula is C9H18N2O2. The zero-order valence-electron chi connectivity index (χ0n) is 8.16. The Hall–Kier alpha value is -0.770. The molecule has 4 heteroatoms. The van der Waals surface area contributed by atoms with E-state index in [1.165, 1.54) is 0 Å². The van der Waals surface area contributed by atoms with Gasteiger partial charge in [0.05, 0.1) is 0 Å². The van der Waals surface area contributed by atoms with Crippen LogP contribution in [0, 0.1) is 5.92 Å². The number of nitrogens with two attached hydrogens (primary N) is 1. The minimum Gasteiger partial charge on any atom is -0.448 e. The van der Waals surface area contributed by atoms with E-state index in [0.717, 1.165) is 31.8 Å². The van der Waals surface area contributed by atoms with Crippen LogP contribution in [-0.2, 0) is 4.74 Å². The second kappa shape index (κ2) is 5.07. The molecule has 0 bridgehead atoms. The summed E-state index contributed by atoms with van der Waals surface area (Å²) >= 11 is 0. The average molecular weight is 186 g/mol. The maximum absolute atomic E-state index is 11.3. The van der Waals surface area contributed by atoms with Crippen LogP contribution in [0.15, 0.2) is 0 Å². The van der Waals surface area contributed by atoms with Crippen molar-refractivity contribution in [2.45, 2.75) is 19.8 Å². The number of likely N-dealkylation sites (tertiary alicyclic amines) is 1. The van der Waals surface area contributed by atoms with Gasteiger partial charge in [-0.1, -0.05) is 6.92 Å². The third-order valence-corrected chi connectivity index (χ3v) is 2.39. The molecule has 0 aromatic rings. The number of carbonyl (C=O) groups is 1. The summed E-state index contributed by atoms with van der Waals surface area (Å²) < 4.78 is 4.93. The first-order valence-electron chi connectivity index (χ1n) is 4.86. The van der Waals surface area contributed by atoms with Gasteiger partial charge in [-0.2, -0.15) is 0 Å². The first kappa shape index (κ1) is 10.3. The maximum atomic E-state index is 11.3. The smallest absolute Gasteiger partial charge is 0.409 e. The number of amides is 1. The molecule has 2 N–H and O–H groups in total. The number of carbonyl (C=O) groups excluding carboxylic acids is 1. The molecule has 1 rings (SSSR count). The van der Waals surface area contributed by atoms with E-state index in [4.69, 9.17) is 10.5 Å². The van der Waals surface area contributed by atoms with Gasteiger partial charge >= 0.3 is 6.09 Å². The molecule has 0 aromatic carbocycles. The van der Waals surface area contributed by atoms with Crippen LogP contribution in [0.2, 0.25) is 0 Å². The van der Waals surface area contributed by atoms with Gasteiger partial charge in [-0.3, -0.25) is 0 Å². The standard InChI is InChI=1S/C9H18N2O2/c1-8-2-5-11(6-3-8)9(12)13-7-4-10/h8H,2-7,10H2,1H3. The molecule has 4 nitrogen and oxygen atoms in total. The highest BCUT2D eigenvalue weighted by molar-refractivity contribution is 5.67. The SMILES string of the molecule is CC1CCN(C(=O)OCCN)CC1. The summed E-state index contributed by atoms with van der Waals surface area (Å²) in [4.78, 5) is 13.1. The fourth-order valence-corrected chi connectivity index (χ4v) is 1.43. The lowest BCUT2D eigenvalue weighted by molar-refractivity contribution is 0.0915. The van der Waals surface area contributed by atoms with Crippen LogP contribution < -0.4 is 5.73 Å². The molecule has 13 heavy (non-hydrogen) atoms. The first-order chi connectivity index (χ1) is 6.24. The summed E-state index contributed by atoms with van der Waals surface area (Å²) in [6, 6.07) is 0. The van der Waals surface area contributed by atoms with Crippen molar-refractivity contribution in [3.63, 3.8) is 0 Å². The zero-order chi connectivity index (χ0) is 9.68. The van der Waals surface area contributed by atoms with Crippen molar-refractivity contribution in [3.8, 4) is 0 Å². The summed E-state index contributed by atoms with van der Waals surface area (Å²) in [6.07, 6.45) is 1.95. The van der Waals surface area contributed by atoms with Crippen molar-refractivity contribution in [2.24, 2.45) is 11.7 Å². The van der Waals surface area contributed by atoms with Gasteiger partial charge in [0.15, 0.2) is 0 Å².